The number of cyclic esters (lactones) is 1. The van der Waals surface area contributed by atoms with Crippen LogP contribution in [0.3, 0.4) is 0 Å². The number of anilines is 2. The Bertz CT molecular complexity index is 1550. The number of carboxylic acids is 1. The molecule has 2 aromatic carbocycles. The van der Waals surface area contributed by atoms with Crippen molar-refractivity contribution in [1.82, 2.24) is 9.88 Å². The van der Waals surface area contributed by atoms with Gasteiger partial charge in [0, 0.05) is 43.6 Å². The summed E-state index contributed by atoms with van der Waals surface area (Å²) in [5, 5.41) is 12.8. The first-order valence-corrected chi connectivity index (χ1v) is 14.3. The fourth-order valence-electron chi connectivity index (χ4n) is 5.93. The summed E-state index contributed by atoms with van der Waals surface area (Å²) in [6.07, 6.45) is 5.11. The van der Waals surface area contributed by atoms with E-state index < -0.39 is 17.2 Å². The third kappa shape index (κ3) is 5.53. The molecule has 9 nitrogen and oxygen atoms in total. The average Bonchev–Trinajstić information content (AvgIpc) is 3.30. The van der Waals surface area contributed by atoms with Gasteiger partial charge in [0.25, 0.3) is 0 Å². The van der Waals surface area contributed by atoms with Crippen LogP contribution in [-0.2, 0) is 24.2 Å². The van der Waals surface area contributed by atoms with Crippen LogP contribution in [0, 0.1) is 12.7 Å². The number of carbonyl (C=O) groups excluding carboxylic acids is 1. The molecule has 1 fully saturated rings. The highest BCUT2D eigenvalue weighted by atomic mass is 19.1. The molecule has 0 aliphatic carbocycles. The molecule has 0 radical (unpaired) electrons. The number of benzene rings is 2. The van der Waals surface area contributed by atoms with Gasteiger partial charge in [0.15, 0.2) is 0 Å². The van der Waals surface area contributed by atoms with Crippen molar-refractivity contribution >= 4 is 34.3 Å². The zero-order valence-corrected chi connectivity index (χ0v) is 23.8. The number of rotatable bonds is 8. The molecule has 1 amide bonds. The maximum absolute atomic E-state index is 16.0. The van der Waals surface area contributed by atoms with Crippen LogP contribution in [0.15, 0.2) is 35.3 Å². The first-order chi connectivity index (χ1) is 19.7. The maximum atomic E-state index is 16.0. The van der Waals surface area contributed by atoms with Gasteiger partial charge in [-0.2, -0.15) is 0 Å². The number of unbranched alkanes of at least 4 members (excludes halogenated alkanes) is 1. The third-order valence-corrected chi connectivity index (χ3v) is 8.14. The molecule has 1 saturated heterocycles. The van der Waals surface area contributed by atoms with Crippen LogP contribution in [0.5, 0.6) is 0 Å². The van der Waals surface area contributed by atoms with Gasteiger partial charge in [-0.05, 0) is 69.0 Å². The van der Waals surface area contributed by atoms with Crippen LogP contribution < -0.4 is 20.5 Å². The number of nitrogens with one attached hydrogen (secondary N) is 1. The number of fused-ring (bicyclic) bond motifs is 2. The largest absolute Gasteiger partial charge is 0.477 e. The lowest BCUT2D eigenvalue weighted by Crippen LogP contribution is -2.30. The van der Waals surface area contributed by atoms with Crippen molar-refractivity contribution < 1.29 is 23.8 Å². The van der Waals surface area contributed by atoms with E-state index in [0.717, 1.165) is 48.9 Å². The summed E-state index contributed by atoms with van der Waals surface area (Å²) in [7, 11) is 1.82. The number of amides is 1. The van der Waals surface area contributed by atoms with E-state index in [4.69, 9.17) is 4.74 Å². The van der Waals surface area contributed by atoms with Crippen molar-refractivity contribution in [2.24, 2.45) is 0 Å². The molecule has 1 unspecified atom stereocenters. The van der Waals surface area contributed by atoms with Crippen LogP contribution in [-0.4, -0.2) is 54.5 Å². The Morgan fingerprint density at radius 2 is 2.00 bits per heavy atom. The van der Waals surface area contributed by atoms with Crippen molar-refractivity contribution in [2.45, 2.75) is 65.1 Å². The summed E-state index contributed by atoms with van der Waals surface area (Å²) in [5.41, 5.74) is 3.06. The molecular formula is C31H37FN4O5. The Hall–Kier alpha value is -3.92. The molecule has 3 heterocycles. The van der Waals surface area contributed by atoms with Crippen molar-refractivity contribution in [2.75, 3.05) is 36.5 Å². The predicted molar refractivity (Wildman–Crippen MR) is 157 cm³/mol. The first kappa shape index (κ1) is 28.6. The number of nitrogens with zero attached hydrogens (tertiary/aromatic N) is 3. The zero-order chi connectivity index (χ0) is 29.3. The van der Waals surface area contributed by atoms with Gasteiger partial charge < -0.3 is 24.6 Å². The third-order valence-electron chi connectivity index (χ3n) is 8.14. The van der Waals surface area contributed by atoms with Gasteiger partial charge in [0.05, 0.1) is 23.1 Å². The van der Waals surface area contributed by atoms with Crippen LogP contribution in [0.1, 0.15) is 59.7 Å². The summed E-state index contributed by atoms with van der Waals surface area (Å²) < 4.78 is 23.3. The second kappa shape index (κ2) is 11.9. The van der Waals surface area contributed by atoms with E-state index in [1.165, 1.54) is 6.20 Å². The highest BCUT2D eigenvalue weighted by Gasteiger charge is 2.32. The summed E-state index contributed by atoms with van der Waals surface area (Å²) in [5.74, 6) is -1.82. The Morgan fingerprint density at radius 1 is 1.20 bits per heavy atom. The topological polar surface area (TPSA) is 104 Å². The SMILES string of the molecule is CCCCn1cc(C(=O)O)c(=O)c2c(C)c(F)c(N3CCCCc4cc(N5CC(CNC)OC5=O)ccc4C3)cc21. The molecule has 0 bridgehead atoms. The summed E-state index contributed by atoms with van der Waals surface area (Å²) in [4.78, 5) is 41.1. The quantitative estimate of drug-likeness (QED) is 0.404. The molecule has 10 heteroatoms. The molecule has 0 saturated carbocycles. The van der Waals surface area contributed by atoms with Crippen LogP contribution in [0.4, 0.5) is 20.6 Å². The smallest absolute Gasteiger partial charge is 0.414 e. The minimum Gasteiger partial charge on any atom is -0.477 e. The number of carbonyl (C=O) groups is 2. The van der Waals surface area contributed by atoms with Crippen LogP contribution in [0.25, 0.3) is 10.9 Å². The maximum Gasteiger partial charge on any atom is 0.414 e. The molecule has 218 valence electrons. The average molecular weight is 565 g/mol. The second-order valence-electron chi connectivity index (χ2n) is 11.0. The highest BCUT2D eigenvalue weighted by Crippen LogP contribution is 2.33. The van der Waals surface area contributed by atoms with Crippen molar-refractivity contribution in [3.05, 3.63) is 68.8 Å². The molecule has 2 aliphatic rings. The van der Waals surface area contributed by atoms with Gasteiger partial charge in [0.2, 0.25) is 5.43 Å². The van der Waals surface area contributed by atoms with Crippen molar-refractivity contribution in [3.63, 3.8) is 0 Å². The fraction of sp³-hybridized carbons (Fsp3) is 0.452. The number of likely N-dealkylation sites (N-methyl/N-ethyl adjacent to an activating group) is 1. The zero-order valence-electron chi connectivity index (χ0n) is 23.8. The van der Waals surface area contributed by atoms with Crippen molar-refractivity contribution in [3.8, 4) is 0 Å². The Kier molecular flexibility index (Phi) is 8.30. The Morgan fingerprint density at radius 3 is 2.73 bits per heavy atom. The lowest BCUT2D eigenvalue weighted by atomic mass is 9.97. The number of hydrogen-bond donors (Lipinski definition) is 2. The van der Waals surface area contributed by atoms with E-state index >= 15 is 4.39 Å². The molecule has 2 aliphatic heterocycles. The second-order valence-corrected chi connectivity index (χ2v) is 11.0. The molecule has 5 rings (SSSR count). The number of halogens is 1. The lowest BCUT2D eigenvalue weighted by Gasteiger charge is -2.30. The molecular weight excluding hydrogens is 527 g/mol. The van der Waals surface area contributed by atoms with Gasteiger partial charge >= 0.3 is 12.1 Å². The molecule has 0 spiro atoms. The van der Waals surface area contributed by atoms with Gasteiger partial charge in [-0.1, -0.05) is 19.4 Å². The molecule has 41 heavy (non-hydrogen) atoms. The standard InChI is InChI=1S/C31H37FN4O5/c1-4-5-11-35-18-24(30(38)39)29(37)27-19(2)28(32)26(14-25(27)35)34-12-7-6-8-20-13-22(10-9-21(20)16-34)36-17-23(15-33-3)41-31(36)40/h9-10,13-14,18,23,33H,4-8,11-12,15-17H2,1-3H3,(H,38,39). The predicted octanol–water partition coefficient (Wildman–Crippen LogP) is 4.83. The van der Waals surface area contributed by atoms with Crippen LogP contribution >= 0.6 is 0 Å². The number of pyridine rings is 1. The first-order valence-electron chi connectivity index (χ1n) is 14.3. The van der Waals surface area contributed by atoms with E-state index in [1.807, 2.05) is 37.1 Å². The van der Waals surface area contributed by atoms with Crippen LogP contribution in [0.2, 0.25) is 0 Å². The number of aromatic carboxylic acids is 1. The Balaban J connectivity index is 1.53. The summed E-state index contributed by atoms with van der Waals surface area (Å²) >= 11 is 0. The van der Waals surface area contributed by atoms with E-state index in [9.17, 15) is 19.5 Å². The van der Waals surface area contributed by atoms with Gasteiger partial charge in [-0.25, -0.2) is 14.0 Å². The Labute approximate surface area is 238 Å². The van der Waals surface area contributed by atoms with Gasteiger partial charge in [-0.15, -0.1) is 0 Å². The van der Waals surface area contributed by atoms with Gasteiger partial charge in [0.1, 0.15) is 17.5 Å². The molecule has 3 aromatic rings. The minimum atomic E-state index is -1.31. The van der Waals surface area contributed by atoms with E-state index in [-0.39, 0.29) is 28.7 Å². The number of hydrogen-bond acceptors (Lipinski definition) is 6. The normalized spacial score (nSPS) is 17.4. The van der Waals surface area contributed by atoms with Crippen molar-refractivity contribution in [1.29, 1.82) is 0 Å². The molecule has 1 aromatic heterocycles. The van der Waals surface area contributed by atoms with E-state index in [0.29, 0.717) is 43.9 Å². The van der Waals surface area contributed by atoms with E-state index in [2.05, 4.69) is 5.32 Å². The number of aromatic nitrogens is 1. The van der Waals surface area contributed by atoms with Gasteiger partial charge in [-0.3, -0.25) is 9.69 Å². The highest BCUT2D eigenvalue weighted by molar-refractivity contribution is 5.95. The molecule has 1 atom stereocenters. The molecule has 2 N–H and O–H groups in total. The fourth-order valence-corrected chi connectivity index (χ4v) is 5.93. The number of ether oxygens (including phenoxy) is 1. The summed E-state index contributed by atoms with van der Waals surface area (Å²) in [6, 6.07) is 7.67. The lowest BCUT2D eigenvalue weighted by molar-refractivity contribution is 0.0694. The number of carboxylic acid groups (broad SMARTS) is 1. The summed E-state index contributed by atoms with van der Waals surface area (Å²) in [6.45, 7) is 6.29. The monoisotopic (exact) mass is 564 g/mol. The van der Waals surface area contributed by atoms with E-state index in [1.54, 1.807) is 22.5 Å². The minimum absolute atomic E-state index is 0.119. The number of aryl methyl sites for hydroxylation is 3.